The van der Waals surface area contributed by atoms with Gasteiger partial charge >= 0.3 is 6.03 Å². The van der Waals surface area contributed by atoms with E-state index in [1.165, 1.54) is 0 Å². The second-order valence-corrected chi connectivity index (χ2v) is 13.2. The topological polar surface area (TPSA) is 142 Å². The van der Waals surface area contributed by atoms with Gasteiger partial charge in [0.2, 0.25) is 0 Å². The predicted octanol–water partition coefficient (Wildman–Crippen LogP) is 4.82. The van der Waals surface area contributed by atoms with Crippen LogP contribution in [0.3, 0.4) is 0 Å². The third kappa shape index (κ3) is 5.23. The number of H-pyrrole nitrogens is 1. The van der Waals surface area contributed by atoms with Crippen LogP contribution in [0.15, 0.2) is 65.7 Å². The summed E-state index contributed by atoms with van der Waals surface area (Å²) in [6, 6.07) is 15.7. The molecule has 2 aliphatic rings. The normalized spacial score (nSPS) is 18.0. The molecule has 11 nitrogen and oxygen atoms in total. The van der Waals surface area contributed by atoms with Crippen LogP contribution in [0.25, 0.3) is 11.4 Å². The fraction of sp³-hybridized carbons (Fsp3) is 0.333. The minimum Gasteiger partial charge on any atom is -0.377 e. The van der Waals surface area contributed by atoms with E-state index in [-0.39, 0.29) is 6.04 Å². The lowest BCUT2D eigenvalue weighted by Gasteiger charge is -2.34. The smallest absolute Gasteiger partial charge is 0.323 e. The molecule has 2 fully saturated rings. The number of sulfone groups is 1. The monoisotopic (exact) mass is 587 g/mol. The number of morpholine rings is 1. The molecule has 1 aliphatic heterocycles. The average molecular weight is 588 g/mol. The van der Waals surface area contributed by atoms with Crippen molar-refractivity contribution < 1.29 is 17.9 Å². The van der Waals surface area contributed by atoms with Gasteiger partial charge in [-0.05, 0) is 70.0 Å². The Bertz CT molecular complexity index is 1720. The van der Waals surface area contributed by atoms with Crippen molar-refractivity contribution in [2.45, 2.75) is 49.3 Å². The number of amides is 2. The van der Waals surface area contributed by atoms with E-state index in [9.17, 15) is 13.2 Å². The molecule has 0 unspecified atom stereocenters. The zero-order chi connectivity index (χ0) is 29.5. The molecule has 42 heavy (non-hydrogen) atoms. The Labute approximate surface area is 244 Å². The van der Waals surface area contributed by atoms with Crippen LogP contribution in [-0.2, 0) is 19.3 Å². The summed E-state index contributed by atoms with van der Waals surface area (Å²) >= 11 is 0. The van der Waals surface area contributed by atoms with Gasteiger partial charge in [0.25, 0.3) is 0 Å². The molecular weight excluding hydrogens is 554 g/mol. The lowest BCUT2D eigenvalue weighted by atomic mass is 10.1. The number of anilines is 3. The van der Waals surface area contributed by atoms with Crippen molar-refractivity contribution in [3.8, 4) is 11.4 Å². The Balaban J connectivity index is 1.34. The molecule has 1 saturated carbocycles. The molecule has 2 aromatic carbocycles. The first-order chi connectivity index (χ1) is 20.2. The van der Waals surface area contributed by atoms with Crippen LogP contribution in [0.2, 0.25) is 0 Å². The second-order valence-electron chi connectivity index (χ2n) is 10.9. The van der Waals surface area contributed by atoms with Crippen molar-refractivity contribution >= 4 is 33.1 Å². The van der Waals surface area contributed by atoms with Gasteiger partial charge in [0.05, 0.1) is 41.2 Å². The van der Waals surface area contributed by atoms with Crippen LogP contribution >= 0.6 is 0 Å². The zero-order valence-corrected chi connectivity index (χ0v) is 24.5. The van der Waals surface area contributed by atoms with Gasteiger partial charge in [-0.1, -0.05) is 17.7 Å². The lowest BCUT2D eigenvalue weighted by Crippen LogP contribution is -2.44. The molecule has 2 amide bonds. The Morgan fingerprint density at radius 2 is 1.79 bits per heavy atom. The van der Waals surface area contributed by atoms with Gasteiger partial charge in [-0.25, -0.2) is 23.2 Å². The highest BCUT2D eigenvalue weighted by molar-refractivity contribution is 7.92. The van der Waals surface area contributed by atoms with E-state index in [0.29, 0.717) is 77.5 Å². The quantitative estimate of drug-likeness (QED) is 0.280. The number of urea groups is 1. The molecule has 2 aromatic heterocycles. The summed E-state index contributed by atoms with van der Waals surface area (Å²) in [6.45, 7) is 7.55. The van der Waals surface area contributed by atoms with E-state index in [4.69, 9.17) is 14.7 Å². The van der Waals surface area contributed by atoms with Crippen LogP contribution in [-0.4, -0.2) is 60.4 Å². The molecule has 0 bridgehead atoms. The molecule has 0 spiro atoms. The van der Waals surface area contributed by atoms with Gasteiger partial charge in [-0.3, -0.25) is 5.10 Å². The fourth-order valence-corrected chi connectivity index (χ4v) is 7.17. The zero-order valence-electron chi connectivity index (χ0n) is 23.7. The van der Waals surface area contributed by atoms with E-state index in [2.05, 4.69) is 32.7 Å². The van der Waals surface area contributed by atoms with Crippen molar-refractivity contribution in [3.05, 3.63) is 77.7 Å². The SMILES string of the molecule is Cc1ccc(S(=O)(=O)C2(c3cc(N4CCOC[C@@H]4C)nc(-c4ccc(NC(=O)Nc5c[nH]nc5C)cc4)n3)CC2)cc1. The van der Waals surface area contributed by atoms with Crippen LogP contribution < -0.4 is 15.5 Å². The Morgan fingerprint density at radius 3 is 2.43 bits per heavy atom. The summed E-state index contributed by atoms with van der Waals surface area (Å²) in [5, 5.41) is 12.3. The van der Waals surface area contributed by atoms with Gasteiger partial charge in [0.1, 0.15) is 10.6 Å². The summed E-state index contributed by atoms with van der Waals surface area (Å²) in [5.41, 5.74) is 4.06. The maximum atomic E-state index is 14.0. The summed E-state index contributed by atoms with van der Waals surface area (Å²) in [5.74, 6) is 1.10. The predicted molar refractivity (Wildman–Crippen MR) is 160 cm³/mol. The third-order valence-electron chi connectivity index (χ3n) is 7.87. The second kappa shape index (κ2) is 10.8. The molecule has 0 radical (unpaired) electrons. The van der Waals surface area contributed by atoms with Gasteiger partial charge in [0.15, 0.2) is 15.7 Å². The van der Waals surface area contributed by atoms with Crippen molar-refractivity contribution in [1.29, 1.82) is 0 Å². The third-order valence-corrected chi connectivity index (χ3v) is 10.4. The first kappa shape index (κ1) is 27.9. The van der Waals surface area contributed by atoms with Crippen LogP contribution in [0.5, 0.6) is 0 Å². The molecule has 1 atom stereocenters. The molecule has 1 aliphatic carbocycles. The summed E-state index contributed by atoms with van der Waals surface area (Å²) in [7, 11) is -3.70. The first-order valence-corrected chi connectivity index (χ1v) is 15.4. The Hall–Kier alpha value is -4.29. The number of ether oxygens (including phenoxy) is 1. The number of rotatable bonds is 7. The maximum absolute atomic E-state index is 14.0. The molecular formula is C30H33N7O4S. The number of benzene rings is 2. The van der Waals surface area contributed by atoms with Crippen molar-refractivity contribution in [2.24, 2.45) is 0 Å². The highest BCUT2D eigenvalue weighted by Gasteiger charge is 2.58. The largest absolute Gasteiger partial charge is 0.377 e. The number of hydrogen-bond acceptors (Lipinski definition) is 8. The number of aryl methyl sites for hydroxylation is 2. The van der Waals surface area contributed by atoms with Crippen molar-refractivity contribution in [2.75, 3.05) is 35.3 Å². The van der Waals surface area contributed by atoms with E-state index in [0.717, 1.165) is 5.56 Å². The maximum Gasteiger partial charge on any atom is 0.323 e. The van der Waals surface area contributed by atoms with Crippen LogP contribution in [0, 0.1) is 13.8 Å². The lowest BCUT2D eigenvalue weighted by molar-refractivity contribution is 0.0985. The number of aromatic amines is 1. The summed E-state index contributed by atoms with van der Waals surface area (Å²) < 4.78 is 32.5. The van der Waals surface area contributed by atoms with Gasteiger partial charge < -0.3 is 20.3 Å². The minimum absolute atomic E-state index is 0.0714. The minimum atomic E-state index is -3.70. The summed E-state index contributed by atoms with van der Waals surface area (Å²) in [4.78, 5) is 24.7. The fourth-order valence-electron chi connectivity index (χ4n) is 5.20. The van der Waals surface area contributed by atoms with E-state index in [1.54, 1.807) is 37.4 Å². The molecule has 3 heterocycles. The Morgan fingerprint density at radius 1 is 1.05 bits per heavy atom. The number of aromatic nitrogens is 4. The molecule has 4 aromatic rings. The highest BCUT2D eigenvalue weighted by Crippen LogP contribution is 2.55. The molecule has 6 rings (SSSR count). The van der Waals surface area contributed by atoms with Crippen molar-refractivity contribution in [1.82, 2.24) is 20.2 Å². The molecule has 218 valence electrons. The van der Waals surface area contributed by atoms with E-state index >= 15 is 0 Å². The number of nitrogens with one attached hydrogen (secondary N) is 3. The van der Waals surface area contributed by atoms with E-state index < -0.39 is 20.6 Å². The average Bonchev–Trinajstić information content (AvgIpc) is 3.72. The Kier molecular flexibility index (Phi) is 7.19. The number of carbonyl (C=O) groups excluding carboxylic acids is 1. The molecule has 1 saturated heterocycles. The molecule has 3 N–H and O–H groups in total. The first-order valence-electron chi connectivity index (χ1n) is 13.9. The standard InChI is InChI=1S/C30H33N7O4S/c1-19-4-10-24(11-5-19)42(39,40)30(12-13-30)26-16-27(37-14-15-41-18-20(37)2)35-28(34-26)22-6-8-23(9-7-22)32-29(38)33-25-17-31-36-21(25)3/h4-11,16-17,20H,12-15,18H2,1-3H3,(H,31,36)(H2,32,33,38)/t20-/m0/s1. The van der Waals surface area contributed by atoms with Gasteiger partial charge in [0, 0.05) is 30.1 Å². The highest BCUT2D eigenvalue weighted by atomic mass is 32.2. The number of hydrogen-bond donors (Lipinski definition) is 3. The van der Waals surface area contributed by atoms with Crippen LogP contribution in [0.1, 0.15) is 36.7 Å². The van der Waals surface area contributed by atoms with E-state index in [1.807, 2.05) is 37.3 Å². The van der Waals surface area contributed by atoms with Crippen molar-refractivity contribution in [3.63, 3.8) is 0 Å². The summed E-state index contributed by atoms with van der Waals surface area (Å²) in [6.07, 6.45) is 2.60. The van der Waals surface area contributed by atoms with Gasteiger partial charge in [-0.15, -0.1) is 0 Å². The number of nitrogens with zero attached hydrogens (tertiary/aromatic N) is 4. The van der Waals surface area contributed by atoms with Gasteiger partial charge in [-0.2, -0.15) is 5.10 Å². The molecule has 12 heteroatoms. The van der Waals surface area contributed by atoms with Crippen LogP contribution in [0.4, 0.5) is 22.0 Å². The number of carbonyl (C=O) groups is 1.